The normalized spacial score (nSPS) is 25.4. The second-order valence-electron chi connectivity index (χ2n) is 3.36. The van der Waals surface area contributed by atoms with Gasteiger partial charge in [0.2, 0.25) is 0 Å². The van der Waals surface area contributed by atoms with Crippen LogP contribution < -0.4 is 0 Å². The van der Waals surface area contributed by atoms with Crippen LogP contribution in [-0.2, 0) is 0 Å². The molecule has 0 aromatic heterocycles. The summed E-state index contributed by atoms with van der Waals surface area (Å²) in [4.78, 5) is 2.46. The second kappa shape index (κ2) is 5.03. The van der Waals surface area contributed by atoms with Crippen LogP contribution in [0.1, 0.15) is 20.3 Å². The van der Waals surface area contributed by atoms with Gasteiger partial charge >= 0.3 is 0 Å². The Kier molecular flexibility index (Phi) is 3.97. The fourth-order valence-corrected chi connectivity index (χ4v) is 1.76. The Morgan fingerprint density at radius 3 is 2.77 bits per heavy atom. The Morgan fingerprint density at radius 2 is 2.23 bits per heavy atom. The number of piperidine rings is 1. The molecule has 0 N–H and O–H groups in total. The summed E-state index contributed by atoms with van der Waals surface area (Å²) in [5.41, 5.74) is 2.93. The SMILES string of the molecule is C=C/C=C1/CN(CC)CC/C1=C/C. The molecule has 0 amide bonds. The van der Waals surface area contributed by atoms with Crippen molar-refractivity contribution >= 4 is 0 Å². The standard InChI is InChI=1S/C12H19N/c1-4-7-12-10-13(6-3)9-8-11(12)5-2/h4-5,7H,1,6,8-10H2,2-3H3/b11-5-,12-7-. The second-order valence-corrected chi connectivity index (χ2v) is 3.36. The van der Waals surface area contributed by atoms with Gasteiger partial charge in [-0.3, -0.25) is 4.90 Å². The van der Waals surface area contributed by atoms with E-state index >= 15 is 0 Å². The van der Waals surface area contributed by atoms with E-state index in [9.17, 15) is 0 Å². The van der Waals surface area contributed by atoms with Crippen LogP contribution in [0, 0.1) is 0 Å². The molecule has 0 aromatic rings. The molecular weight excluding hydrogens is 158 g/mol. The minimum Gasteiger partial charge on any atom is -0.299 e. The van der Waals surface area contributed by atoms with Crippen molar-refractivity contribution in [2.75, 3.05) is 19.6 Å². The van der Waals surface area contributed by atoms with Gasteiger partial charge < -0.3 is 0 Å². The van der Waals surface area contributed by atoms with Gasteiger partial charge in [0.05, 0.1) is 0 Å². The molecule has 0 spiro atoms. The number of allylic oxidation sites excluding steroid dienone is 3. The van der Waals surface area contributed by atoms with E-state index in [1.807, 2.05) is 6.08 Å². The first-order valence-electron chi connectivity index (χ1n) is 5.01. The minimum atomic E-state index is 1.09. The van der Waals surface area contributed by atoms with Crippen molar-refractivity contribution in [1.29, 1.82) is 0 Å². The minimum absolute atomic E-state index is 1.09. The average Bonchev–Trinajstić information content (AvgIpc) is 2.18. The van der Waals surface area contributed by atoms with Gasteiger partial charge in [0, 0.05) is 13.1 Å². The van der Waals surface area contributed by atoms with Gasteiger partial charge in [-0.25, -0.2) is 0 Å². The molecule has 1 nitrogen and oxygen atoms in total. The maximum Gasteiger partial charge on any atom is 0.0236 e. The van der Waals surface area contributed by atoms with Crippen LogP contribution in [-0.4, -0.2) is 24.5 Å². The molecule has 0 aromatic carbocycles. The molecule has 0 radical (unpaired) electrons. The van der Waals surface area contributed by atoms with Gasteiger partial charge in [0.1, 0.15) is 0 Å². The Balaban J connectivity index is 2.74. The van der Waals surface area contributed by atoms with E-state index in [2.05, 4.69) is 37.5 Å². The van der Waals surface area contributed by atoms with Crippen LogP contribution in [0.3, 0.4) is 0 Å². The van der Waals surface area contributed by atoms with E-state index in [4.69, 9.17) is 0 Å². The highest BCUT2D eigenvalue weighted by molar-refractivity contribution is 5.36. The molecule has 1 rings (SSSR count). The molecule has 1 aliphatic rings. The van der Waals surface area contributed by atoms with E-state index in [1.165, 1.54) is 24.1 Å². The fourth-order valence-electron chi connectivity index (χ4n) is 1.76. The Morgan fingerprint density at radius 1 is 1.46 bits per heavy atom. The molecule has 0 atom stereocenters. The summed E-state index contributed by atoms with van der Waals surface area (Å²) in [6.45, 7) is 11.5. The van der Waals surface area contributed by atoms with Crippen LogP contribution >= 0.6 is 0 Å². The number of rotatable bonds is 2. The number of likely N-dealkylation sites (tertiary alicyclic amines) is 1. The first-order valence-corrected chi connectivity index (χ1v) is 5.01. The van der Waals surface area contributed by atoms with Gasteiger partial charge in [-0.05, 0) is 31.0 Å². The first-order chi connectivity index (χ1) is 6.31. The van der Waals surface area contributed by atoms with Crippen molar-refractivity contribution in [3.63, 3.8) is 0 Å². The van der Waals surface area contributed by atoms with E-state index in [0.29, 0.717) is 0 Å². The zero-order valence-corrected chi connectivity index (χ0v) is 8.71. The van der Waals surface area contributed by atoms with Crippen LogP contribution in [0.15, 0.2) is 36.0 Å². The highest BCUT2D eigenvalue weighted by Gasteiger charge is 2.15. The molecule has 1 fully saturated rings. The monoisotopic (exact) mass is 177 g/mol. The lowest BCUT2D eigenvalue weighted by Gasteiger charge is -2.29. The topological polar surface area (TPSA) is 3.24 Å². The summed E-state index contributed by atoms with van der Waals surface area (Å²) in [5, 5.41) is 0. The van der Waals surface area contributed by atoms with Gasteiger partial charge in [0.15, 0.2) is 0 Å². The van der Waals surface area contributed by atoms with Gasteiger partial charge in [0.25, 0.3) is 0 Å². The third-order valence-corrected chi connectivity index (χ3v) is 2.62. The number of hydrogen-bond donors (Lipinski definition) is 0. The number of hydrogen-bond acceptors (Lipinski definition) is 1. The summed E-state index contributed by atoms with van der Waals surface area (Å²) in [5.74, 6) is 0. The lowest BCUT2D eigenvalue weighted by molar-refractivity contribution is 0.300. The zero-order valence-electron chi connectivity index (χ0n) is 8.71. The van der Waals surface area contributed by atoms with Crippen molar-refractivity contribution in [2.45, 2.75) is 20.3 Å². The quantitative estimate of drug-likeness (QED) is 0.627. The molecule has 1 aliphatic heterocycles. The Bertz CT molecular complexity index is 236. The predicted molar refractivity (Wildman–Crippen MR) is 58.8 cm³/mol. The van der Waals surface area contributed by atoms with E-state index < -0.39 is 0 Å². The molecule has 1 saturated heterocycles. The van der Waals surface area contributed by atoms with Crippen molar-refractivity contribution < 1.29 is 0 Å². The predicted octanol–water partition coefficient (Wildman–Crippen LogP) is 2.77. The van der Waals surface area contributed by atoms with Gasteiger partial charge in [-0.15, -0.1) is 0 Å². The number of likely N-dealkylation sites (N-methyl/N-ethyl adjacent to an activating group) is 1. The summed E-state index contributed by atoms with van der Waals surface area (Å²) >= 11 is 0. The Labute approximate surface area is 81.4 Å². The third-order valence-electron chi connectivity index (χ3n) is 2.62. The molecular formula is C12H19N. The highest BCUT2D eigenvalue weighted by atomic mass is 15.1. The molecule has 0 unspecified atom stereocenters. The average molecular weight is 177 g/mol. The largest absolute Gasteiger partial charge is 0.299 e. The zero-order chi connectivity index (χ0) is 9.68. The first kappa shape index (κ1) is 10.3. The molecule has 1 heteroatoms. The molecule has 0 saturated carbocycles. The van der Waals surface area contributed by atoms with E-state index in [-0.39, 0.29) is 0 Å². The smallest absolute Gasteiger partial charge is 0.0236 e. The Hall–Kier alpha value is -0.820. The van der Waals surface area contributed by atoms with Crippen LogP contribution in [0.5, 0.6) is 0 Å². The molecule has 13 heavy (non-hydrogen) atoms. The van der Waals surface area contributed by atoms with Crippen LogP contribution in [0.25, 0.3) is 0 Å². The van der Waals surface area contributed by atoms with E-state index in [1.54, 1.807) is 0 Å². The van der Waals surface area contributed by atoms with Crippen LogP contribution in [0.4, 0.5) is 0 Å². The summed E-state index contributed by atoms with van der Waals surface area (Å²) in [6.07, 6.45) is 7.43. The van der Waals surface area contributed by atoms with Crippen molar-refractivity contribution in [2.24, 2.45) is 0 Å². The maximum atomic E-state index is 3.75. The molecule has 0 aliphatic carbocycles. The third kappa shape index (κ3) is 2.56. The van der Waals surface area contributed by atoms with E-state index in [0.717, 1.165) is 13.1 Å². The lowest BCUT2D eigenvalue weighted by atomic mass is 9.97. The van der Waals surface area contributed by atoms with Crippen molar-refractivity contribution in [3.05, 3.63) is 36.0 Å². The molecule has 0 bridgehead atoms. The van der Waals surface area contributed by atoms with Gasteiger partial charge in [-0.2, -0.15) is 0 Å². The maximum absolute atomic E-state index is 3.75. The lowest BCUT2D eigenvalue weighted by Crippen LogP contribution is -2.31. The number of nitrogens with zero attached hydrogens (tertiary/aromatic N) is 1. The highest BCUT2D eigenvalue weighted by Crippen LogP contribution is 2.21. The fraction of sp³-hybridized carbons (Fsp3) is 0.500. The van der Waals surface area contributed by atoms with Crippen molar-refractivity contribution in [3.8, 4) is 0 Å². The van der Waals surface area contributed by atoms with Crippen LogP contribution in [0.2, 0.25) is 0 Å². The van der Waals surface area contributed by atoms with Crippen molar-refractivity contribution in [1.82, 2.24) is 4.90 Å². The van der Waals surface area contributed by atoms with Gasteiger partial charge in [-0.1, -0.05) is 31.7 Å². The molecule has 72 valence electrons. The summed E-state index contributed by atoms with van der Waals surface area (Å²) in [6, 6.07) is 0. The summed E-state index contributed by atoms with van der Waals surface area (Å²) in [7, 11) is 0. The summed E-state index contributed by atoms with van der Waals surface area (Å²) < 4.78 is 0. The molecule has 1 heterocycles.